The van der Waals surface area contributed by atoms with Crippen molar-refractivity contribution < 1.29 is 9.47 Å². The zero-order valence-corrected chi connectivity index (χ0v) is 16.0. The van der Waals surface area contributed by atoms with Crippen molar-refractivity contribution in [2.45, 2.75) is 26.3 Å². The fourth-order valence-corrected chi connectivity index (χ4v) is 3.17. The Morgan fingerprint density at radius 3 is 2.80 bits per heavy atom. The molecule has 2 N–H and O–H groups in total. The van der Waals surface area contributed by atoms with Crippen LogP contribution < -0.4 is 20.1 Å². The summed E-state index contributed by atoms with van der Waals surface area (Å²) in [5, 5.41) is 6.81. The van der Waals surface area contributed by atoms with Gasteiger partial charge in [-0.05, 0) is 51.4 Å². The van der Waals surface area contributed by atoms with Crippen LogP contribution in [-0.2, 0) is 6.54 Å². The first-order chi connectivity index (χ1) is 12.2. The summed E-state index contributed by atoms with van der Waals surface area (Å²) in [6.07, 6.45) is 2.56. The average Bonchev–Trinajstić information content (AvgIpc) is 2.64. The van der Waals surface area contributed by atoms with Gasteiger partial charge in [-0.3, -0.25) is 0 Å². The molecule has 0 amide bonds. The van der Waals surface area contributed by atoms with Gasteiger partial charge in [0.2, 0.25) is 0 Å². The fourth-order valence-electron chi connectivity index (χ4n) is 3.17. The summed E-state index contributed by atoms with van der Waals surface area (Å²) in [5.74, 6) is 3.12. The Balaban J connectivity index is 1.96. The number of aliphatic imine (C=N–C) groups is 1. The van der Waals surface area contributed by atoms with Crippen molar-refractivity contribution in [1.29, 1.82) is 0 Å². The molecule has 1 saturated heterocycles. The van der Waals surface area contributed by atoms with E-state index in [1.54, 1.807) is 14.2 Å². The predicted molar refractivity (Wildman–Crippen MR) is 103 cm³/mol. The predicted octanol–water partition coefficient (Wildman–Crippen LogP) is 2.10. The van der Waals surface area contributed by atoms with Gasteiger partial charge in [0.15, 0.2) is 5.96 Å². The third-order valence-electron chi connectivity index (χ3n) is 4.53. The van der Waals surface area contributed by atoms with Crippen molar-refractivity contribution in [2.75, 3.05) is 47.4 Å². The molecule has 6 heteroatoms. The first-order valence-electron chi connectivity index (χ1n) is 9.07. The molecule has 0 radical (unpaired) electrons. The molecule has 0 bridgehead atoms. The van der Waals surface area contributed by atoms with Crippen molar-refractivity contribution in [3.05, 3.63) is 23.8 Å². The molecular weight excluding hydrogens is 316 g/mol. The van der Waals surface area contributed by atoms with E-state index in [2.05, 4.69) is 29.5 Å². The Hall–Kier alpha value is -1.95. The van der Waals surface area contributed by atoms with Crippen molar-refractivity contribution in [3.8, 4) is 11.5 Å². The van der Waals surface area contributed by atoms with Crippen LogP contribution in [0.1, 0.15) is 25.3 Å². The molecule has 1 aromatic rings. The van der Waals surface area contributed by atoms with Gasteiger partial charge in [0.1, 0.15) is 11.5 Å². The smallest absolute Gasteiger partial charge is 0.191 e. The minimum absolute atomic E-state index is 0.563. The van der Waals surface area contributed by atoms with E-state index in [1.807, 2.05) is 18.2 Å². The number of likely N-dealkylation sites (tertiary alicyclic amines) is 1. The number of methoxy groups -OCH3 is 2. The Labute approximate surface area is 151 Å². The molecule has 6 nitrogen and oxygen atoms in total. The summed E-state index contributed by atoms with van der Waals surface area (Å²) in [5.41, 5.74) is 1.04. The summed E-state index contributed by atoms with van der Waals surface area (Å²) in [6.45, 7) is 6.80. The number of hydrogen-bond donors (Lipinski definition) is 2. The van der Waals surface area contributed by atoms with E-state index < -0.39 is 0 Å². The lowest BCUT2D eigenvalue weighted by Gasteiger charge is -2.30. The molecule has 1 aliphatic heterocycles. The Kier molecular flexibility index (Phi) is 7.85. The molecule has 0 saturated carbocycles. The van der Waals surface area contributed by atoms with Gasteiger partial charge in [-0.2, -0.15) is 0 Å². The Bertz CT molecular complexity index is 562. The van der Waals surface area contributed by atoms with E-state index >= 15 is 0 Å². The maximum atomic E-state index is 5.45. The topological polar surface area (TPSA) is 58.1 Å². The number of rotatable bonds is 7. The summed E-state index contributed by atoms with van der Waals surface area (Å²) < 4.78 is 10.7. The summed E-state index contributed by atoms with van der Waals surface area (Å²) in [7, 11) is 5.52. The minimum atomic E-state index is 0.563. The van der Waals surface area contributed by atoms with Gasteiger partial charge < -0.3 is 25.0 Å². The van der Waals surface area contributed by atoms with Crippen LogP contribution in [0, 0.1) is 5.92 Å². The largest absolute Gasteiger partial charge is 0.497 e. The molecule has 2 rings (SSSR count). The van der Waals surface area contributed by atoms with E-state index in [-0.39, 0.29) is 0 Å². The second kappa shape index (κ2) is 10.1. The van der Waals surface area contributed by atoms with Crippen LogP contribution in [0.5, 0.6) is 11.5 Å². The van der Waals surface area contributed by atoms with Gasteiger partial charge in [0, 0.05) is 31.3 Å². The maximum absolute atomic E-state index is 5.45. The molecule has 0 aromatic heterocycles. The number of hydrogen-bond acceptors (Lipinski definition) is 4. The Morgan fingerprint density at radius 1 is 1.28 bits per heavy atom. The zero-order chi connectivity index (χ0) is 18.1. The van der Waals surface area contributed by atoms with Crippen molar-refractivity contribution in [1.82, 2.24) is 15.5 Å². The van der Waals surface area contributed by atoms with E-state index in [0.717, 1.165) is 42.7 Å². The minimum Gasteiger partial charge on any atom is -0.497 e. The number of ether oxygens (including phenoxy) is 2. The first kappa shape index (κ1) is 19.4. The lowest BCUT2D eigenvalue weighted by molar-refractivity contribution is 0.210. The highest BCUT2D eigenvalue weighted by Gasteiger charge is 2.17. The van der Waals surface area contributed by atoms with Crippen molar-refractivity contribution in [3.63, 3.8) is 0 Å². The molecule has 1 unspecified atom stereocenters. The molecule has 0 spiro atoms. The molecule has 1 aliphatic rings. The lowest BCUT2D eigenvalue weighted by Crippen LogP contribution is -2.43. The molecule has 0 aliphatic carbocycles. The second-order valence-corrected chi connectivity index (χ2v) is 6.52. The third-order valence-corrected chi connectivity index (χ3v) is 4.53. The van der Waals surface area contributed by atoms with E-state index in [1.165, 1.54) is 19.4 Å². The Morgan fingerprint density at radius 2 is 2.12 bits per heavy atom. The van der Waals surface area contributed by atoms with E-state index in [4.69, 9.17) is 14.5 Å². The van der Waals surface area contributed by atoms with Crippen LogP contribution in [0.3, 0.4) is 0 Å². The van der Waals surface area contributed by atoms with Gasteiger partial charge in [-0.25, -0.2) is 4.99 Å². The second-order valence-electron chi connectivity index (χ2n) is 6.52. The van der Waals surface area contributed by atoms with Crippen LogP contribution >= 0.6 is 0 Å². The molecular formula is C19H32N4O2. The monoisotopic (exact) mass is 348 g/mol. The molecule has 25 heavy (non-hydrogen) atoms. The number of nitrogens with zero attached hydrogens (tertiary/aromatic N) is 2. The van der Waals surface area contributed by atoms with Crippen LogP contribution in [-0.4, -0.2) is 58.3 Å². The van der Waals surface area contributed by atoms with Crippen LogP contribution in [0.15, 0.2) is 23.2 Å². The van der Waals surface area contributed by atoms with Crippen LogP contribution in [0.4, 0.5) is 0 Å². The summed E-state index contributed by atoms with van der Waals surface area (Å²) >= 11 is 0. The van der Waals surface area contributed by atoms with Crippen molar-refractivity contribution in [2.24, 2.45) is 10.9 Å². The molecule has 1 fully saturated rings. The number of benzene rings is 1. The van der Waals surface area contributed by atoms with Gasteiger partial charge in [-0.15, -0.1) is 0 Å². The van der Waals surface area contributed by atoms with Crippen LogP contribution in [0.2, 0.25) is 0 Å². The molecule has 1 aromatic carbocycles. The van der Waals surface area contributed by atoms with Gasteiger partial charge in [-0.1, -0.05) is 0 Å². The average molecular weight is 348 g/mol. The highest BCUT2D eigenvalue weighted by Crippen LogP contribution is 2.25. The summed E-state index contributed by atoms with van der Waals surface area (Å²) in [4.78, 5) is 7.12. The zero-order valence-electron chi connectivity index (χ0n) is 16.0. The standard InChI is InChI=1S/C19H32N4O2/c1-5-20-19(21-12-15-7-6-10-23(2)14-15)22-13-16-8-9-17(24-3)11-18(16)25-4/h8-9,11,15H,5-7,10,12-14H2,1-4H3,(H2,20,21,22). The molecule has 1 atom stereocenters. The van der Waals surface area contributed by atoms with E-state index in [0.29, 0.717) is 12.5 Å². The fraction of sp³-hybridized carbons (Fsp3) is 0.632. The highest BCUT2D eigenvalue weighted by atomic mass is 16.5. The van der Waals surface area contributed by atoms with Gasteiger partial charge in [0.25, 0.3) is 0 Å². The molecule has 140 valence electrons. The number of guanidine groups is 1. The summed E-state index contributed by atoms with van der Waals surface area (Å²) in [6, 6.07) is 5.83. The third kappa shape index (κ3) is 6.12. The quantitative estimate of drug-likeness (QED) is 0.584. The normalized spacial score (nSPS) is 18.7. The SMILES string of the molecule is CCNC(=NCc1ccc(OC)cc1OC)NCC1CCCN(C)C1. The molecule has 1 heterocycles. The highest BCUT2D eigenvalue weighted by molar-refractivity contribution is 5.79. The van der Waals surface area contributed by atoms with Crippen LogP contribution in [0.25, 0.3) is 0 Å². The maximum Gasteiger partial charge on any atom is 0.191 e. The number of nitrogens with one attached hydrogen (secondary N) is 2. The number of piperidine rings is 1. The lowest BCUT2D eigenvalue weighted by atomic mass is 9.99. The first-order valence-corrected chi connectivity index (χ1v) is 9.07. The van der Waals surface area contributed by atoms with E-state index in [9.17, 15) is 0 Å². The van der Waals surface area contributed by atoms with Gasteiger partial charge in [0.05, 0.1) is 20.8 Å². The van der Waals surface area contributed by atoms with Gasteiger partial charge >= 0.3 is 0 Å². The van der Waals surface area contributed by atoms with Crippen molar-refractivity contribution >= 4 is 5.96 Å².